The first kappa shape index (κ1) is 18.2. The van der Waals surface area contributed by atoms with E-state index in [1.165, 1.54) is 4.90 Å². The highest BCUT2D eigenvalue weighted by molar-refractivity contribution is 6.08. The van der Waals surface area contributed by atoms with E-state index in [0.29, 0.717) is 25.2 Å². The molecule has 2 saturated heterocycles. The minimum atomic E-state index is -0.626. The third-order valence-corrected chi connectivity index (χ3v) is 5.93. The summed E-state index contributed by atoms with van der Waals surface area (Å²) in [6.45, 7) is 7.76. The molecule has 5 nitrogen and oxygen atoms in total. The van der Waals surface area contributed by atoms with Gasteiger partial charge in [0.15, 0.2) is 0 Å². The molecule has 0 N–H and O–H groups in total. The molecule has 1 aliphatic carbocycles. The molecule has 3 aliphatic rings. The van der Waals surface area contributed by atoms with Gasteiger partial charge in [-0.05, 0) is 43.9 Å². The van der Waals surface area contributed by atoms with Crippen molar-refractivity contribution in [1.29, 1.82) is 0 Å². The maximum absolute atomic E-state index is 13.2. The van der Waals surface area contributed by atoms with Crippen molar-refractivity contribution >= 4 is 17.7 Å². The van der Waals surface area contributed by atoms with Gasteiger partial charge >= 0.3 is 0 Å². The van der Waals surface area contributed by atoms with Crippen LogP contribution in [0, 0.1) is 23.7 Å². The number of likely N-dealkylation sites (tertiary alicyclic amines) is 2. The Morgan fingerprint density at radius 2 is 1.60 bits per heavy atom. The Hall–Kier alpha value is -1.65. The fourth-order valence-electron chi connectivity index (χ4n) is 4.34. The molecule has 3 atom stereocenters. The summed E-state index contributed by atoms with van der Waals surface area (Å²) in [5.41, 5.74) is 0. The van der Waals surface area contributed by atoms with Crippen molar-refractivity contribution in [2.45, 2.75) is 58.9 Å². The van der Waals surface area contributed by atoms with Gasteiger partial charge in [-0.15, -0.1) is 0 Å². The Morgan fingerprint density at radius 1 is 1.08 bits per heavy atom. The van der Waals surface area contributed by atoms with Gasteiger partial charge in [-0.3, -0.25) is 19.3 Å². The summed E-state index contributed by atoms with van der Waals surface area (Å²) in [4.78, 5) is 42.2. The van der Waals surface area contributed by atoms with E-state index in [9.17, 15) is 14.4 Å². The second kappa shape index (κ2) is 7.30. The molecule has 25 heavy (non-hydrogen) atoms. The number of carbonyl (C=O) groups excluding carboxylic acids is 3. The summed E-state index contributed by atoms with van der Waals surface area (Å²) in [5.74, 6) is 0.0552. The fraction of sp³-hybridized carbons (Fsp3) is 0.750. The molecule has 0 saturated carbocycles. The number of allylic oxidation sites excluding steroid dienone is 2. The smallest absolute Gasteiger partial charge is 0.245 e. The van der Waals surface area contributed by atoms with Gasteiger partial charge < -0.3 is 4.90 Å². The Balaban J connectivity index is 1.82. The summed E-state index contributed by atoms with van der Waals surface area (Å²) < 4.78 is 0. The van der Waals surface area contributed by atoms with E-state index in [-0.39, 0.29) is 35.5 Å². The average molecular weight is 346 g/mol. The lowest BCUT2D eigenvalue weighted by atomic mass is 9.85. The molecular formula is C20H30N2O3. The van der Waals surface area contributed by atoms with Gasteiger partial charge in [-0.1, -0.05) is 32.9 Å². The van der Waals surface area contributed by atoms with Gasteiger partial charge in [0.2, 0.25) is 17.7 Å². The van der Waals surface area contributed by atoms with E-state index in [2.05, 4.69) is 6.92 Å². The standard InChI is InChI=1S/C20H30N2O3/c1-13(2)12-17(20(25)21-10-8-14(3)9-11-21)22-18(23)15-6-4-5-7-16(15)19(22)24/h4-5,13-17H,6-12H2,1-3H3/t15-,16+,17-/m1/s1. The van der Waals surface area contributed by atoms with Crippen molar-refractivity contribution in [2.75, 3.05) is 13.1 Å². The van der Waals surface area contributed by atoms with Gasteiger partial charge in [0, 0.05) is 13.1 Å². The molecule has 2 aliphatic heterocycles. The Labute approximate surface area is 150 Å². The quantitative estimate of drug-likeness (QED) is 0.581. The van der Waals surface area contributed by atoms with Crippen molar-refractivity contribution in [3.8, 4) is 0 Å². The van der Waals surface area contributed by atoms with Crippen LogP contribution in [0.2, 0.25) is 0 Å². The van der Waals surface area contributed by atoms with Crippen LogP contribution in [0.5, 0.6) is 0 Å². The van der Waals surface area contributed by atoms with Crippen molar-refractivity contribution < 1.29 is 14.4 Å². The van der Waals surface area contributed by atoms with Crippen LogP contribution in [0.1, 0.15) is 52.9 Å². The van der Waals surface area contributed by atoms with Crippen LogP contribution in [0.3, 0.4) is 0 Å². The molecule has 0 unspecified atom stereocenters. The highest BCUT2D eigenvalue weighted by Crippen LogP contribution is 2.37. The van der Waals surface area contributed by atoms with Gasteiger partial charge in [0.05, 0.1) is 11.8 Å². The summed E-state index contributed by atoms with van der Waals surface area (Å²) in [5, 5.41) is 0. The van der Waals surface area contributed by atoms with E-state index in [1.54, 1.807) is 0 Å². The van der Waals surface area contributed by atoms with Crippen molar-refractivity contribution in [2.24, 2.45) is 23.7 Å². The van der Waals surface area contributed by atoms with Gasteiger partial charge in [-0.25, -0.2) is 0 Å². The van der Waals surface area contributed by atoms with Crippen LogP contribution < -0.4 is 0 Å². The third kappa shape index (κ3) is 3.51. The van der Waals surface area contributed by atoms with Gasteiger partial charge in [0.1, 0.15) is 6.04 Å². The summed E-state index contributed by atoms with van der Waals surface area (Å²) in [7, 11) is 0. The van der Waals surface area contributed by atoms with E-state index < -0.39 is 6.04 Å². The lowest BCUT2D eigenvalue weighted by Crippen LogP contribution is -2.53. The lowest BCUT2D eigenvalue weighted by Gasteiger charge is -2.36. The first-order valence-electron chi connectivity index (χ1n) is 9.70. The number of imide groups is 1. The maximum Gasteiger partial charge on any atom is 0.245 e. The summed E-state index contributed by atoms with van der Waals surface area (Å²) >= 11 is 0. The predicted octanol–water partition coefficient (Wildman–Crippen LogP) is 2.61. The molecule has 5 heteroatoms. The number of rotatable bonds is 4. The monoisotopic (exact) mass is 346 g/mol. The number of nitrogens with zero attached hydrogens (tertiary/aromatic N) is 2. The third-order valence-electron chi connectivity index (χ3n) is 5.93. The average Bonchev–Trinajstić information content (AvgIpc) is 2.84. The zero-order valence-corrected chi connectivity index (χ0v) is 15.6. The fourth-order valence-corrected chi connectivity index (χ4v) is 4.34. The van der Waals surface area contributed by atoms with Crippen molar-refractivity contribution in [3.63, 3.8) is 0 Å². The molecule has 3 rings (SSSR count). The molecule has 2 heterocycles. The highest BCUT2D eigenvalue weighted by atomic mass is 16.2. The van der Waals surface area contributed by atoms with Crippen LogP contribution in [-0.4, -0.2) is 46.7 Å². The lowest BCUT2D eigenvalue weighted by molar-refractivity contribution is -0.153. The molecule has 3 amide bonds. The molecule has 0 bridgehead atoms. The largest absolute Gasteiger partial charge is 0.341 e. The van der Waals surface area contributed by atoms with Crippen molar-refractivity contribution in [3.05, 3.63) is 12.2 Å². The molecule has 2 fully saturated rings. The molecule has 0 radical (unpaired) electrons. The summed E-state index contributed by atoms with van der Waals surface area (Å²) in [6, 6.07) is -0.626. The number of fused-ring (bicyclic) bond motifs is 1. The number of amides is 3. The van der Waals surface area contributed by atoms with E-state index in [4.69, 9.17) is 0 Å². The van der Waals surface area contributed by atoms with Crippen LogP contribution in [0.15, 0.2) is 12.2 Å². The molecular weight excluding hydrogens is 316 g/mol. The Kier molecular flexibility index (Phi) is 5.30. The Morgan fingerprint density at radius 3 is 2.08 bits per heavy atom. The van der Waals surface area contributed by atoms with Gasteiger partial charge in [0.25, 0.3) is 0 Å². The molecule has 0 spiro atoms. The molecule has 0 aromatic heterocycles. The minimum Gasteiger partial charge on any atom is -0.341 e. The van der Waals surface area contributed by atoms with Crippen molar-refractivity contribution in [1.82, 2.24) is 9.80 Å². The molecule has 0 aromatic carbocycles. The molecule has 0 aromatic rings. The number of carbonyl (C=O) groups is 3. The van der Waals surface area contributed by atoms with E-state index in [1.807, 2.05) is 30.9 Å². The number of piperidine rings is 1. The minimum absolute atomic E-state index is 0.0334. The second-order valence-electron chi connectivity index (χ2n) is 8.36. The normalized spacial score (nSPS) is 28.6. The predicted molar refractivity (Wildman–Crippen MR) is 95.4 cm³/mol. The van der Waals surface area contributed by atoms with Crippen LogP contribution in [0.25, 0.3) is 0 Å². The highest BCUT2D eigenvalue weighted by Gasteiger charge is 2.51. The molecule has 138 valence electrons. The van der Waals surface area contributed by atoms with Crippen LogP contribution in [0.4, 0.5) is 0 Å². The number of hydrogen-bond acceptors (Lipinski definition) is 3. The van der Waals surface area contributed by atoms with Crippen LogP contribution >= 0.6 is 0 Å². The SMILES string of the molecule is CC(C)C[C@H](C(=O)N1CCC(C)CC1)N1C(=O)[C@H]2CC=CC[C@H]2C1=O. The maximum atomic E-state index is 13.2. The van der Waals surface area contributed by atoms with E-state index >= 15 is 0 Å². The van der Waals surface area contributed by atoms with Gasteiger partial charge in [-0.2, -0.15) is 0 Å². The summed E-state index contributed by atoms with van der Waals surface area (Å²) in [6.07, 6.45) is 7.76. The Bertz CT molecular complexity index is 549. The zero-order chi connectivity index (χ0) is 18.1. The first-order valence-corrected chi connectivity index (χ1v) is 9.70. The second-order valence-corrected chi connectivity index (χ2v) is 8.36. The van der Waals surface area contributed by atoms with E-state index in [0.717, 1.165) is 25.9 Å². The van der Waals surface area contributed by atoms with Crippen LogP contribution in [-0.2, 0) is 14.4 Å². The zero-order valence-electron chi connectivity index (χ0n) is 15.6. The number of hydrogen-bond donors (Lipinski definition) is 0. The topological polar surface area (TPSA) is 57.7 Å². The first-order chi connectivity index (χ1) is 11.9.